The van der Waals surface area contributed by atoms with E-state index in [-0.39, 0.29) is 5.91 Å². The van der Waals surface area contributed by atoms with Gasteiger partial charge in [0.05, 0.1) is 17.0 Å². The smallest absolute Gasteiger partial charge is 0.253 e. The van der Waals surface area contributed by atoms with Crippen LogP contribution in [0.5, 0.6) is 0 Å². The van der Waals surface area contributed by atoms with E-state index >= 15 is 0 Å². The molecule has 0 spiro atoms. The van der Waals surface area contributed by atoms with Gasteiger partial charge in [0.2, 0.25) is 0 Å². The summed E-state index contributed by atoms with van der Waals surface area (Å²) in [4.78, 5) is 15.9. The second-order valence-corrected chi connectivity index (χ2v) is 4.70. The second-order valence-electron chi connectivity index (χ2n) is 4.26. The summed E-state index contributed by atoms with van der Waals surface area (Å²) in [6, 6.07) is 10.6. The highest BCUT2D eigenvalue weighted by Crippen LogP contribution is 2.13. The number of halogens is 1. The van der Waals surface area contributed by atoms with Crippen molar-refractivity contribution in [2.45, 2.75) is 6.42 Å². The molecule has 102 valence electrons. The molecule has 5 heteroatoms. The van der Waals surface area contributed by atoms with Crippen molar-refractivity contribution < 1.29 is 4.79 Å². The van der Waals surface area contributed by atoms with E-state index in [0.29, 0.717) is 28.4 Å². The zero-order valence-corrected chi connectivity index (χ0v) is 11.7. The van der Waals surface area contributed by atoms with Crippen molar-refractivity contribution in [2.24, 2.45) is 0 Å². The number of nitrogens with one attached hydrogen (secondary N) is 2. The summed E-state index contributed by atoms with van der Waals surface area (Å²) in [7, 11) is 1.56. The molecule has 2 N–H and O–H groups in total. The maximum atomic E-state index is 11.8. The first-order valence-corrected chi connectivity index (χ1v) is 6.49. The van der Waals surface area contributed by atoms with Crippen LogP contribution in [0.1, 0.15) is 21.6 Å². The highest BCUT2D eigenvalue weighted by molar-refractivity contribution is 6.30. The van der Waals surface area contributed by atoms with Crippen LogP contribution in [0.4, 0.5) is 0 Å². The molecular weight excluding hydrogens is 274 g/mol. The predicted octanol–water partition coefficient (Wildman–Crippen LogP) is 2.71. The Bertz CT molecular complexity index is 638. The molecule has 0 saturated heterocycles. The monoisotopic (exact) mass is 287 g/mol. The Morgan fingerprint density at radius 2 is 2.00 bits per heavy atom. The molecule has 0 aliphatic rings. The van der Waals surface area contributed by atoms with Gasteiger partial charge in [0.15, 0.2) is 0 Å². The summed E-state index contributed by atoms with van der Waals surface area (Å²) in [5, 5.41) is 11.4. The summed E-state index contributed by atoms with van der Waals surface area (Å²) in [5.41, 5.74) is 2.06. The Morgan fingerprint density at radius 3 is 2.65 bits per heavy atom. The Kier molecular flexibility index (Phi) is 4.48. The van der Waals surface area contributed by atoms with Crippen LogP contribution in [0.3, 0.4) is 0 Å². The van der Waals surface area contributed by atoms with Crippen molar-refractivity contribution in [1.82, 2.24) is 10.3 Å². The van der Waals surface area contributed by atoms with Gasteiger partial charge in [0.25, 0.3) is 5.91 Å². The number of nitrogens with zero attached hydrogens (tertiary/aromatic N) is 1. The van der Waals surface area contributed by atoms with Crippen molar-refractivity contribution >= 4 is 23.2 Å². The van der Waals surface area contributed by atoms with Crippen LogP contribution in [0.15, 0.2) is 42.6 Å². The van der Waals surface area contributed by atoms with Gasteiger partial charge >= 0.3 is 0 Å². The summed E-state index contributed by atoms with van der Waals surface area (Å²) in [6.07, 6.45) is 1.98. The van der Waals surface area contributed by atoms with Gasteiger partial charge in [-0.05, 0) is 29.8 Å². The van der Waals surface area contributed by atoms with Crippen molar-refractivity contribution in [3.05, 3.63) is 64.4 Å². The number of hydrogen-bond donors (Lipinski definition) is 2. The number of amides is 1. The van der Waals surface area contributed by atoms with Crippen molar-refractivity contribution in [1.29, 1.82) is 5.41 Å². The van der Waals surface area contributed by atoms with E-state index in [1.807, 2.05) is 12.1 Å². The third-order valence-corrected chi connectivity index (χ3v) is 3.11. The number of carbonyl (C=O) groups is 1. The quantitative estimate of drug-likeness (QED) is 0.849. The molecule has 20 heavy (non-hydrogen) atoms. The molecule has 0 saturated carbocycles. The molecule has 1 amide bonds. The van der Waals surface area contributed by atoms with Crippen LogP contribution in [0.2, 0.25) is 5.02 Å². The molecule has 2 rings (SSSR count). The van der Waals surface area contributed by atoms with E-state index in [9.17, 15) is 4.79 Å². The van der Waals surface area contributed by atoms with E-state index in [4.69, 9.17) is 17.0 Å². The Labute approximate surface area is 122 Å². The second kappa shape index (κ2) is 6.30. The molecule has 0 fully saturated rings. The maximum Gasteiger partial charge on any atom is 0.253 e. The molecule has 0 atom stereocenters. The molecule has 1 aromatic heterocycles. The van der Waals surface area contributed by atoms with Crippen molar-refractivity contribution in [3.8, 4) is 0 Å². The average molecular weight is 288 g/mol. The standard InChI is InChI=1S/C15H14ClN3O/c1-18-15(20)12-3-2-8-19-14(12)13(17)9-10-4-6-11(16)7-5-10/h2-8,17H,9H2,1H3,(H,18,20). The minimum atomic E-state index is -0.242. The fourth-order valence-corrected chi connectivity index (χ4v) is 1.98. The van der Waals surface area contributed by atoms with Gasteiger partial charge in [-0.1, -0.05) is 23.7 Å². The van der Waals surface area contributed by atoms with E-state index in [1.165, 1.54) is 0 Å². The van der Waals surface area contributed by atoms with Crippen LogP contribution in [-0.4, -0.2) is 23.7 Å². The van der Waals surface area contributed by atoms with Gasteiger partial charge in [0, 0.05) is 24.7 Å². The van der Waals surface area contributed by atoms with Crippen LogP contribution >= 0.6 is 11.6 Å². The molecule has 1 heterocycles. The van der Waals surface area contributed by atoms with Gasteiger partial charge in [-0.15, -0.1) is 0 Å². The number of aromatic nitrogens is 1. The Balaban J connectivity index is 2.25. The van der Waals surface area contributed by atoms with Crippen LogP contribution < -0.4 is 5.32 Å². The molecule has 0 unspecified atom stereocenters. The van der Waals surface area contributed by atoms with Gasteiger partial charge in [-0.3, -0.25) is 9.78 Å². The minimum absolute atomic E-state index is 0.242. The van der Waals surface area contributed by atoms with Crippen molar-refractivity contribution in [2.75, 3.05) is 7.05 Å². The third-order valence-electron chi connectivity index (χ3n) is 2.86. The van der Waals surface area contributed by atoms with E-state index in [2.05, 4.69) is 10.3 Å². The fraction of sp³-hybridized carbons (Fsp3) is 0.133. The van der Waals surface area contributed by atoms with E-state index in [0.717, 1.165) is 5.56 Å². The summed E-state index contributed by atoms with van der Waals surface area (Å²) < 4.78 is 0. The number of hydrogen-bond acceptors (Lipinski definition) is 3. The first-order valence-electron chi connectivity index (χ1n) is 6.11. The number of carbonyl (C=O) groups excluding carboxylic acids is 1. The number of pyridine rings is 1. The highest BCUT2D eigenvalue weighted by atomic mass is 35.5. The molecule has 4 nitrogen and oxygen atoms in total. The SMILES string of the molecule is CNC(=O)c1cccnc1C(=N)Cc1ccc(Cl)cc1. The lowest BCUT2D eigenvalue weighted by Gasteiger charge is -2.08. The summed E-state index contributed by atoms with van der Waals surface area (Å²) in [6.45, 7) is 0. The molecule has 2 aromatic rings. The lowest BCUT2D eigenvalue weighted by Crippen LogP contribution is -2.22. The van der Waals surface area contributed by atoms with Gasteiger partial charge in [-0.2, -0.15) is 0 Å². The minimum Gasteiger partial charge on any atom is -0.355 e. The molecular formula is C15H14ClN3O. The lowest BCUT2D eigenvalue weighted by molar-refractivity contribution is 0.0962. The first-order chi connectivity index (χ1) is 9.61. The third kappa shape index (κ3) is 3.22. The zero-order valence-electron chi connectivity index (χ0n) is 11.0. The van der Waals surface area contributed by atoms with Crippen LogP contribution in [0, 0.1) is 5.41 Å². The fourth-order valence-electron chi connectivity index (χ4n) is 1.85. The maximum absolute atomic E-state index is 11.8. The zero-order chi connectivity index (χ0) is 14.5. The molecule has 0 aliphatic heterocycles. The van der Waals surface area contributed by atoms with E-state index in [1.54, 1.807) is 37.5 Å². The Morgan fingerprint density at radius 1 is 1.30 bits per heavy atom. The summed E-state index contributed by atoms with van der Waals surface area (Å²) in [5.74, 6) is -0.242. The molecule has 0 bridgehead atoms. The predicted molar refractivity (Wildman–Crippen MR) is 79.6 cm³/mol. The van der Waals surface area contributed by atoms with Crippen LogP contribution in [-0.2, 0) is 6.42 Å². The van der Waals surface area contributed by atoms with E-state index < -0.39 is 0 Å². The molecule has 1 aromatic carbocycles. The average Bonchev–Trinajstić information content (AvgIpc) is 2.48. The first kappa shape index (κ1) is 14.2. The topological polar surface area (TPSA) is 65.8 Å². The van der Waals surface area contributed by atoms with Crippen molar-refractivity contribution in [3.63, 3.8) is 0 Å². The highest BCUT2D eigenvalue weighted by Gasteiger charge is 2.14. The largest absolute Gasteiger partial charge is 0.355 e. The normalized spacial score (nSPS) is 10.1. The molecule has 0 aliphatic carbocycles. The number of rotatable bonds is 4. The van der Waals surface area contributed by atoms with Gasteiger partial charge in [0.1, 0.15) is 0 Å². The van der Waals surface area contributed by atoms with Gasteiger partial charge in [-0.25, -0.2) is 0 Å². The molecule has 0 radical (unpaired) electrons. The lowest BCUT2D eigenvalue weighted by atomic mass is 10.0. The van der Waals surface area contributed by atoms with Gasteiger partial charge < -0.3 is 10.7 Å². The Hall–Kier alpha value is -2.20. The van der Waals surface area contributed by atoms with Crippen LogP contribution in [0.25, 0.3) is 0 Å². The summed E-state index contributed by atoms with van der Waals surface area (Å²) >= 11 is 5.83. The number of benzene rings is 1.